The van der Waals surface area contributed by atoms with Crippen molar-refractivity contribution in [2.45, 2.75) is 25.7 Å². The standard InChI is InChI=1S/C25H30ClFN8O/c1-33(2)25(36)35-11-7-17(8-12-35)16-5-9-34(10-6-16)24-28-14-21-22(32-24)23(30-15-29-21)31-18-3-4-20(27)19(26)13-18/h3-4,13-17H,5-12H2,1-2H3,(H,29,30,31). The second-order valence-corrected chi connectivity index (χ2v) is 10.1. The zero-order valence-corrected chi connectivity index (χ0v) is 21.2. The summed E-state index contributed by atoms with van der Waals surface area (Å²) in [7, 11) is 3.62. The molecule has 0 unspecified atom stereocenters. The van der Waals surface area contributed by atoms with Gasteiger partial charge in [-0.1, -0.05) is 11.6 Å². The van der Waals surface area contributed by atoms with Crippen LogP contribution in [0, 0.1) is 17.7 Å². The largest absolute Gasteiger partial charge is 0.341 e. The number of hydrogen-bond acceptors (Lipinski definition) is 7. The highest BCUT2D eigenvalue weighted by Gasteiger charge is 2.32. The van der Waals surface area contributed by atoms with E-state index in [4.69, 9.17) is 16.6 Å². The predicted octanol–water partition coefficient (Wildman–Crippen LogP) is 4.57. The van der Waals surface area contributed by atoms with Crippen LogP contribution >= 0.6 is 11.6 Å². The molecule has 2 aliphatic heterocycles. The Bertz CT molecular complexity index is 1240. The van der Waals surface area contributed by atoms with E-state index in [2.05, 4.69) is 25.2 Å². The van der Waals surface area contributed by atoms with Crippen molar-refractivity contribution in [1.29, 1.82) is 0 Å². The lowest BCUT2D eigenvalue weighted by molar-refractivity contribution is 0.124. The van der Waals surface area contributed by atoms with Crippen molar-refractivity contribution < 1.29 is 9.18 Å². The van der Waals surface area contributed by atoms with Crippen molar-refractivity contribution in [3.05, 3.63) is 41.6 Å². The predicted molar refractivity (Wildman–Crippen MR) is 138 cm³/mol. The third-order valence-corrected chi connectivity index (χ3v) is 7.52. The molecule has 0 aliphatic carbocycles. The van der Waals surface area contributed by atoms with Crippen molar-refractivity contribution >= 4 is 46.1 Å². The Hall–Kier alpha value is -3.27. The Morgan fingerprint density at radius 3 is 2.42 bits per heavy atom. The summed E-state index contributed by atoms with van der Waals surface area (Å²) < 4.78 is 13.5. The number of urea groups is 1. The Morgan fingerprint density at radius 2 is 1.75 bits per heavy atom. The summed E-state index contributed by atoms with van der Waals surface area (Å²) in [4.78, 5) is 36.0. The van der Waals surface area contributed by atoms with E-state index in [0.717, 1.165) is 51.9 Å². The number of piperidine rings is 2. The highest BCUT2D eigenvalue weighted by molar-refractivity contribution is 6.31. The van der Waals surface area contributed by atoms with Gasteiger partial charge in [-0.25, -0.2) is 29.1 Å². The smallest absolute Gasteiger partial charge is 0.319 e. The van der Waals surface area contributed by atoms with E-state index in [9.17, 15) is 9.18 Å². The maximum atomic E-state index is 13.5. The van der Waals surface area contributed by atoms with E-state index in [1.807, 2.05) is 19.0 Å². The molecule has 0 atom stereocenters. The van der Waals surface area contributed by atoms with Crippen LogP contribution in [0.25, 0.3) is 11.0 Å². The Balaban J connectivity index is 1.24. The lowest BCUT2D eigenvalue weighted by Crippen LogP contribution is -2.46. The van der Waals surface area contributed by atoms with Crippen molar-refractivity contribution in [2.75, 3.05) is 50.5 Å². The van der Waals surface area contributed by atoms with Crippen LogP contribution in [-0.2, 0) is 0 Å². The highest BCUT2D eigenvalue weighted by atomic mass is 35.5. The third-order valence-electron chi connectivity index (χ3n) is 7.23. The van der Waals surface area contributed by atoms with Gasteiger partial charge >= 0.3 is 6.03 Å². The first-order valence-electron chi connectivity index (χ1n) is 12.3. The van der Waals surface area contributed by atoms with E-state index in [-0.39, 0.29) is 11.1 Å². The topological polar surface area (TPSA) is 90.4 Å². The first-order chi connectivity index (χ1) is 17.4. The van der Waals surface area contributed by atoms with Gasteiger partial charge in [0.05, 0.1) is 11.2 Å². The molecule has 0 radical (unpaired) electrons. The molecule has 36 heavy (non-hydrogen) atoms. The number of carbonyl (C=O) groups is 1. The van der Waals surface area contributed by atoms with Gasteiger partial charge in [0, 0.05) is 46.0 Å². The molecule has 1 aromatic carbocycles. The van der Waals surface area contributed by atoms with E-state index in [1.165, 1.54) is 18.5 Å². The molecule has 2 aromatic heterocycles. The molecule has 1 N–H and O–H groups in total. The number of amides is 2. The SMILES string of the molecule is CN(C)C(=O)N1CCC(C2CCN(c3ncc4ncnc(Nc5ccc(F)c(Cl)c5)c4n3)CC2)CC1. The summed E-state index contributed by atoms with van der Waals surface area (Å²) in [6.45, 7) is 3.45. The van der Waals surface area contributed by atoms with Crippen LogP contribution in [0.5, 0.6) is 0 Å². The van der Waals surface area contributed by atoms with Gasteiger partial charge in [-0.3, -0.25) is 0 Å². The number of aromatic nitrogens is 4. The van der Waals surface area contributed by atoms with Crippen LogP contribution in [-0.4, -0.2) is 76.0 Å². The molecule has 2 amide bonds. The fraction of sp³-hybridized carbons (Fsp3) is 0.480. The summed E-state index contributed by atoms with van der Waals surface area (Å²) in [6, 6.07) is 4.53. The number of fused-ring (bicyclic) bond motifs is 1. The van der Waals surface area contributed by atoms with E-state index < -0.39 is 5.82 Å². The molecule has 9 nitrogen and oxygen atoms in total. The minimum absolute atomic E-state index is 0.0338. The molecular formula is C25H30ClFN8O. The molecule has 4 heterocycles. The average Bonchev–Trinajstić information content (AvgIpc) is 2.90. The van der Waals surface area contributed by atoms with Gasteiger partial charge in [-0.15, -0.1) is 0 Å². The van der Waals surface area contributed by atoms with Crippen molar-refractivity contribution in [3.63, 3.8) is 0 Å². The first-order valence-corrected chi connectivity index (χ1v) is 12.7. The van der Waals surface area contributed by atoms with Crippen molar-refractivity contribution in [2.24, 2.45) is 11.8 Å². The summed E-state index contributed by atoms with van der Waals surface area (Å²) in [6.07, 6.45) is 7.46. The molecule has 5 rings (SSSR count). The van der Waals surface area contributed by atoms with Crippen molar-refractivity contribution in [1.82, 2.24) is 29.7 Å². The van der Waals surface area contributed by atoms with Crippen LogP contribution < -0.4 is 10.2 Å². The Morgan fingerprint density at radius 1 is 1.06 bits per heavy atom. The molecule has 0 saturated carbocycles. The minimum Gasteiger partial charge on any atom is -0.341 e. The molecule has 0 spiro atoms. The molecule has 190 valence electrons. The monoisotopic (exact) mass is 512 g/mol. The number of nitrogens with zero attached hydrogens (tertiary/aromatic N) is 7. The molecular weight excluding hydrogens is 483 g/mol. The second-order valence-electron chi connectivity index (χ2n) is 9.71. The molecule has 2 saturated heterocycles. The molecule has 2 fully saturated rings. The van der Waals surface area contributed by atoms with Gasteiger partial charge in [0.25, 0.3) is 0 Å². The fourth-order valence-corrected chi connectivity index (χ4v) is 5.40. The normalized spacial score (nSPS) is 17.4. The molecule has 0 bridgehead atoms. The van der Waals surface area contributed by atoms with Crippen LogP contribution in [0.15, 0.2) is 30.7 Å². The average molecular weight is 513 g/mol. The molecule has 11 heteroatoms. The lowest BCUT2D eigenvalue weighted by atomic mass is 9.79. The van der Waals surface area contributed by atoms with Gasteiger partial charge in [0.2, 0.25) is 5.95 Å². The Labute approximate surface area is 214 Å². The number of nitrogens with one attached hydrogen (secondary N) is 1. The third kappa shape index (κ3) is 5.13. The second kappa shape index (κ2) is 10.4. The van der Waals surface area contributed by atoms with E-state index in [1.54, 1.807) is 17.2 Å². The minimum atomic E-state index is -0.476. The van der Waals surface area contributed by atoms with Crippen LogP contribution in [0.4, 0.5) is 26.6 Å². The van der Waals surface area contributed by atoms with Crippen LogP contribution in [0.3, 0.4) is 0 Å². The quantitative estimate of drug-likeness (QED) is 0.547. The van der Waals surface area contributed by atoms with Crippen LogP contribution in [0.2, 0.25) is 5.02 Å². The van der Waals surface area contributed by atoms with Gasteiger partial charge in [0.15, 0.2) is 5.82 Å². The fourth-order valence-electron chi connectivity index (χ4n) is 5.22. The number of benzene rings is 1. The summed E-state index contributed by atoms with van der Waals surface area (Å²) in [5.41, 5.74) is 1.84. The van der Waals surface area contributed by atoms with E-state index >= 15 is 0 Å². The van der Waals surface area contributed by atoms with Crippen molar-refractivity contribution in [3.8, 4) is 0 Å². The first kappa shape index (κ1) is 24.4. The number of rotatable bonds is 4. The van der Waals surface area contributed by atoms with Gasteiger partial charge in [-0.2, -0.15) is 0 Å². The Kier molecular flexibility index (Phi) is 7.04. The van der Waals surface area contributed by atoms with E-state index in [0.29, 0.717) is 40.3 Å². The zero-order valence-electron chi connectivity index (χ0n) is 20.5. The number of anilines is 3. The maximum absolute atomic E-state index is 13.5. The summed E-state index contributed by atoms with van der Waals surface area (Å²) >= 11 is 5.93. The molecule has 2 aliphatic rings. The number of carbonyl (C=O) groups excluding carboxylic acids is 1. The van der Waals surface area contributed by atoms with Gasteiger partial charge in [0.1, 0.15) is 23.2 Å². The van der Waals surface area contributed by atoms with Crippen LogP contribution in [0.1, 0.15) is 25.7 Å². The zero-order chi connectivity index (χ0) is 25.2. The summed E-state index contributed by atoms with van der Waals surface area (Å²) in [5.74, 6) is 2.00. The number of likely N-dealkylation sites (tertiary alicyclic amines) is 1. The van der Waals surface area contributed by atoms with Gasteiger partial charge < -0.3 is 20.0 Å². The maximum Gasteiger partial charge on any atom is 0.319 e. The van der Waals surface area contributed by atoms with Gasteiger partial charge in [-0.05, 0) is 55.7 Å². The number of hydrogen-bond donors (Lipinski definition) is 1. The highest BCUT2D eigenvalue weighted by Crippen LogP contribution is 2.34. The molecule has 3 aromatic rings. The number of halogens is 2. The summed E-state index contributed by atoms with van der Waals surface area (Å²) in [5, 5.41) is 3.21. The lowest BCUT2D eigenvalue weighted by Gasteiger charge is -2.40.